The summed E-state index contributed by atoms with van der Waals surface area (Å²) in [6.45, 7) is 0.297. The number of amides is 2. The van der Waals surface area contributed by atoms with Crippen LogP contribution >= 0.6 is 0 Å². The van der Waals surface area contributed by atoms with Crippen LogP contribution in [0.2, 0.25) is 0 Å². The molecule has 5 saturated carbocycles. The number of nitrogens with one attached hydrogen (secondary N) is 2. The van der Waals surface area contributed by atoms with Crippen LogP contribution in [0, 0.1) is 40.7 Å². The largest absolute Gasteiger partial charge is 0.354 e. The third kappa shape index (κ3) is 3.99. The van der Waals surface area contributed by atoms with Gasteiger partial charge in [0.25, 0.3) is 0 Å². The van der Waals surface area contributed by atoms with Gasteiger partial charge in [0, 0.05) is 36.1 Å². The van der Waals surface area contributed by atoms with Crippen LogP contribution in [0.3, 0.4) is 0 Å². The van der Waals surface area contributed by atoms with E-state index in [9.17, 15) is 18.4 Å². The van der Waals surface area contributed by atoms with Gasteiger partial charge in [-0.2, -0.15) is 0 Å². The van der Waals surface area contributed by atoms with Gasteiger partial charge < -0.3 is 16.4 Å². The lowest BCUT2D eigenvalue weighted by Crippen LogP contribution is -2.61. The molecule has 0 aliphatic heterocycles. The number of hydrogen-bond donors (Lipinski definition) is 3. The van der Waals surface area contributed by atoms with Crippen molar-refractivity contribution in [2.45, 2.75) is 56.4 Å². The highest BCUT2D eigenvalue weighted by Gasteiger charge is 2.60. The SMILES string of the molecule is NC(C(=O)NCC1(c2ccc(F)cc2F)CC1)C1C2CC3CC1CC(C(=O)Nc1ccncc1)(C3)C2. The molecule has 4 N–H and O–H groups in total. The van der Waals surface area contributed by atoms with Gasteiger partial charge >= 0.3 is 0 Å². The molecular formula is C28H32F2N4O2. The maximum atomic E-state index is 14.4. The molecule has 8 heteroatoms. The van der Waals surface area contributed by atoms with E-state index in [1.165, 1.54) is 12.1 Å². The third-order valence-corrected chi connectivity index (χ3v) is 9.44. The van der Waals surface area contributed by atoms with Gasteiger partial charge in [-0.1, -0.05) is 6.07 Å². The maximum absolute atomic E-state index is 14.4. The fourth-order valence-corrected chi connectivity index (χ4v) is 7.79. The Morgan fingerprint density at radius 2 is 1.75 bits per heavy atom. The summed E-state index contributed by atoms with van der Waals surface area (Å²) in [7, 11) is 0. The summed E-state index contributed by atoms with van der Waals surface area (Å²) in [5.74, 6) is -0.295. The zero-order valence-corrected chi connectivity index (χ0v) is 20.2. The lowest BCUT2D eigenvalue weighted by Gasteiger charge is -2.60. The molecule has 6 nitrogen and oxygen atoms in total. The molecule has 3 unspecified atom stereocenters. The second-order valence-corrected chi connectivity index (χ2v) is 11.7. The number of halogens is 2. The number of hydrogen-bond acceptors (Lipinski definition) is 4. The first-order valence-electron chi connectivity index (χ1n) is 13.0. The smallest absolute Gasteiger partial charge is 0.237 e. The molecule has 5 aliphatic carbocycles. The molecule has 7 rings (SSSR count). The van der Waals surface area contributed by atoms with Crippen LogP contribution in [0.25, 0.3) is 0 Å². The Balaban J connectivity index is 1.12. The normalized spacial score (nSPS) is 32.1. The average molecular weight is 495 g/mol. The van der Waals surface area contributed by atoms with E-state index < -0.39 is 28.5 Å². The topological polar surface area (TPSA) is 97.1 Å². The van der Waals surface area contributed by atoms with Crippen LogP contribution in [-0.2, 0) is 15.0 Å². The monoisotopic (exact) mass is 494 g/mol. The number of nitrogens with two attached hydrogens (primary N) is 1. The molecule has 190 valence electrons. The van der Waals surface area contributed by atoms with E-state index in [2.05, 4.69) is 15.6 Å². The van der Waals surface area contributed by atoms with Gasteiger partial charge in [-0.25, -0.2) is 8.78 Å². The first kappa shape index (κ1) is 23.5. The molecule has 5 fully saturated rings. The number of pyridine rings is 1. The van der Waals surface area contributed by atoms with Crippen LogP contribution in [0.1, 0.15) is 50.5 Å². The number of anilines is 1. The van der Waals surface area contributed by atoms with E-state index in [1.807, 2.05) is 0 Å². The molecule has 2 aromatic rings. The fourth-order valence-electron chi connectivity index (χ4n) is 7.79. The van der Waals surface area contributed by atoms with Crippen molar-refractivity contribution in [1.29, 1.82) is 0 Å². The second kappa shape index (κ2) is 8.61. The minimum Gasteiger partial charge on any atom is -0.354 e. The van der Waals surface area contributed by atoms with Gasteiger partial charge in [0.2, 0.25) is 11.8 Å². The molecule has 3 atom stereocenters. The second-order valence-electron chi connectivity index (χ2n) is 11.7. The van der Waals surface area contributed by atoms with Gasteiger partial charge in [0.1, 0.15) is 11.6 Å². The van der Waals surface area contributed by atoms with Crippen molar-refractivity contribution in [1.82, 2.24) is 10.3 Å². The summed E-state index contributed by atoms with van der Waals surface area (Å²) in [6, 6.07) is 6.59. The average Bonchev–Trinajstić information content (AvgIpc) is 3.63. The molecule has 36 heavy (non-hydrogen) atoms. The molecular weight excluding hydrogens is 462 g/mol. The minimum atomic E-state index is -0.658. The first-order chi connectivity index (χ1) is 17.3. The summed E-state index contributed by atoms with van der Waals surface area (Å²) in [6.07, 6.45) is 9.26. The molecule has 1 aromatic heterocycles. The molecule has 0 saturated heterocycles. The number of benzene rings is 1. The fraction of sp³-hybridized carbons (Fsp3) is 0.536. The number of nitrogens with zero attached hydrogens (tertiary/aromatic N) is 1. The Hall–Kier alpha value is -2.87. The van der Waals surface area contributed by atoms with E-state index >= 15 is 0 Å². The Morgan fingerprint density at radius 1 is 1.06 bits per heavy atom. The highest BCUT2D eigenvalue weighted by molar-refractivity contribution is 5.95. The van der Waals surface area contributed by atoms with Crippen molar-refractivity contribution in [3.05, 3.63) is 59.9 Å². The van der Waals surface area contributed by atoms with Crippen LogP contribution in [0.5, 0.6) is 0 Å². The van der Waals surface area contributed by atoms with Crippen LogP contribution in [0.15, 0.2) is 42.7 Å². The summed E-state index contributed by atoms with van der Waals surface area (Å²) in [5.41, 5.74) is 6.91. The zero-order valence-electron chi connectivity index (χ0n) is 20.2. The van der Waals surface area contributed by atoms with Crippen LogP contribution < -0.4 is 16.4 Å². The lowest BCUT2D eigenvalue weighted by atomic mass is 9.45. The van der Waals surface area contributed by atoms with Gasteiger partial charge in [0.15, 0.2) is 0 Å². The van der Waals surface area contributed by atoms with E-state index in [4.69, 9.17) is 5.73 Å². The van der Waals surface area contributed by atoms with Crippen molar-refractivity contribution < 1.29 is 18.4 Å². The van der Waals surface area contributed by atoms with Crippen molar-refractivity contribution in [3.8, 4) is 0 Å². The molecule has 0 radical (unpaired) electrons. The van der Waals surface area contributed by atoms with Gasteiger partial charge in [0.05, 0.1) is 11.5 Å². The maximum Gasteiger partial charge on any atom is 0.237 e. The minimum absolute atomic E-state index is 0.0427. The lowest BCUT2D eigenvalue weighted by molar-refractivity contribution is -0.151. The number of rotatable bonds is 7. The molecule has 4 bridgehead atoms. The first-order valence-corrected chi connectivity index (χ1v) is 13.0. The van der Waals surface area contributed by atoms with Crippen molar-refractivity contribution in [2.75, 3.05) is 11.9 Å². The number of carbonyl (C=O) groups is 2. The Bertz CT molecular complexity index is 1170. The molecule has 1 heterocycles. The van der Waals surface area contributed by atoms with Gasteiger partial charge in [-0.3, -0.25) is 14.6 Å². The molecule has 0 spiro atoms. The van der Waals surface area contributed by atoms with Crippen molar-refractivity contribution >= 4 is 17.5 Å². The van der Waals surface area contributed by atoms with E-state index in [1.54, 1.807) is 24.5 Å². The third-order valence-electron chi connectivity index (χ3n) is 9.44. The molecule has 2 amide bonds. The van der Waals surface area contributed by atoms with E-state index in [0.717, 1.165) is 56.7 Å². The highest BCUT2D eigenvalue weighted by Crippen LogP contribution is 2.63. The Morgan fingerprint density at radius 3 is 2.39 bits per heavy atom. The molecule has 5 aliphatic rings. The number of carbonyl (C=O) groups excluding carboxylic acids is 2. The summed E-state index contributed by atoms with van der Waals surface area (Å²) >= 11 is 0. The summed E-state index contributed by atoms with van der Waals surface area (Å²) in [5, 5.41) is 6.08. The Labute approximate surface area is 209 Å². The van der Waals surface area contributed by atoms with Crippen molar-refractivity contribution in [3.63, 3.8) is 0 Å². The predicted molar refractivity (Wildman–Crippen MR) is 131 cm³/mol. The quantitative estimate of drug-likeness (QED) is 0.544. The number of aromatic nitrogens is 1. The van der Waals surface area contributed by atoms with E-state index in [-0.39, 0.29) is 29.6 Å². The zero-order chi connectivity index (χ0) is 25.1. The van der Waals surface area contributed by atoms with Gasteiger partial charge in [-0.15, -0.1) is 0 Å². The molecule has 1 aromatic carbocycles. The predicted octanol–water partition coefficient (Wildman–Crippen LogP) is 3.92. The summed E-state index contributed by atoms with van der Waals surface area (Å²) < 4.78 is 27.7. The van der Waals surface area contributed by atoms with Crippen LogP contribution in [0.4, 0.5) is 14.5 Å². The summed E-state index contributed by atoms with van der Waals surface area (Å²) in [4.78, 5) is 30.6. The highest BCUT2D eigenvalue weighted by atomic mass is 19.1. The van der Waals surface area contributed by atoms with Crippen LogP contribution in [-0.4, -0.2) is 29.4 Å². The van der Waals surface area contributed by atoms with E-state index in [0.29, 0.717) is 18.0 Å². The Kier molecular flexibility index (Phi) is 5.63. The van der Waals surface area contributed by atoms with Crippen molar-refractivity contribution in [2.24, 2.45) is 34.8 Å². The van der Waals surface area contributed by atoms with Gasteiger partial charge in [-0.05, 0) is 92.4 Å². The standard InChI is InChI=1S/C28H32F2N4O2/c29-19-1-2-21(22(30)11-19)27(5-6-27)15-33-25(35)24(31)23-17-9-16-10-18(23)14-28(12-16,13-17)26(36)34-20-3-7-32-8-4-20/h1-4,7-8,11,16-18,23-24H,5-6,9-10,12-15,31H2,(H,33,35)(H,32,34,36).